The fourth-order valence-electron chi connectivity index (χ4n) is 2.94. The molecular weight excluding hydrogens is 452 g/mol. The van der Waals surface area contributed by atoms with Crippen molar-refractivity contribution in [1.29, 1.82) is 0 Å². The lowest BCUT2D eigenvalue weighted by atomic mass is 10.1. The summed E-state index contributed by atoms with van der Waals surface area (Å²) < 4.78 is 33.1. The zero-order valence-electron chi connectivity index (χ0n) is 17.6. The largest absolute Gasteiger partial charge is 0.465 e. The van der Waals surface area contributed by atoms with Gasteiger partial charge in [-0.3, -0.25) is 9.52 Å². The van der Waals surface area contributed by atoms with Crippen LogP contribution in [0.1, 0.15) is 31.8 Å². The minimum Gasteiger partial charge on any atom is -0.465 e. The number of hydrogen-bond donors (Lipinski definition) is 2. The molecule has 166 valence electrons. The predicted molar refractivity (Wildman–Crippen MR) is 124 cm³/mol. The van der Waals surface area contributed by atoms with E-state index in [1.807, 2.05) is 13.8 Å². The number of rotatable bonds is 6. The quantitative estimate of drug-likeness (QED) is 0.502. The molecule has 0 fully saturated rings. The molecule has 0 aromatic heterocycles. The van der Waals surface area contributed by atoms with E-state index >= 15 is 0 Å². The second-order valence-electron chi connectivity index (χ2n) is 7.04. The standard InChI is InChI=1S/C23H21ClN2O5S/c1-14-8-10-17(12-15(14)2)26-32(29,30)21-13-16(9-11-19(21)24)22(27)25-20-7-5-4-6-18(20)23(28)31-3/h4-13,26H,1-3H3,(H,25,27). The van der Waals surface area contributed by atoms with Crippen LogP contribution < -0.4 is 10.0 Å². The maximum atomic E-state index is 12.9. The molecule has 0 heterocycles. The number of para-hydroxylation sites is 1. The molecule has 0 saturated heterocycles. The highest BCUT2D eigenvalue weighted by Crippen LogP contribution is 2.27. The van der Waals surface area contributed by atoms with Crippen LogP contribution in [0, 0.1) is 13.8 Å². The first-order valence-electron chi connectivity index (χ1n) is 9.50. The van der Waals surface area contributed by atoms with Gasteiger partial charge in [0.05, 0.1) is 23.4 Å². The van der Waals surface area contributed by atoms with Gasteiger partial charge in [0, 0.05) is 11.3 Å². The third-order valence-corrected chi connectivity index (χ3v) is 6.69. The van der Waals surface area contributed by atoms with Gasteiger partial charge in [-0.1, -0.05) is 29.8 Å². The Morgan fingerprint density at radius 3 is 2.34 bits per heavy atom. The Bertz CT molecular complexity index is 1310. The number of amides is 1. The third-order valence-electron chi connectivity index (χ3n) is 4.82. The topological polar surface area (TPSA) is 102 Å². The van der Waals surface area contributed by atoms with Crippen LogP contribution >= 0.6 is 11.6 Å². The molecule has 1 amide bonds. The van der Waals surface area contributed by atoms with E-state index in [9.17, 15) is 18.0 Å². The Labute approximate surface area is 191 Å². The average Bonchev–Trinajstić information content (AvgIpc) is 2.76. The zero-order valence-corrected chi connectivity index (χ0v) is 19.2. The Kier molecular flexibility index (Phi) is 6.86. The van der Waals surface area contributed by atoms with Crippen molar-refractivity contribution in [2.75, 3.05) is 17.1 Å². The first-order chi connectivity index (χ1) is 15.1. The van der Waals surface area contributed by atoms with Gasteiger partial charge in [-0.05, 0) is 67.4 Å². The molecule has 3 aromatic carbocycles. The van der Waals surface area contributed by atoms with Crippen LogP contribution in [0.5, 0.6) is 0 Å². The monoisotopic (exact) mass is 472 g/mol. The first kappa shape index (κ1) is 23.3. The number of methoxy groups -OCH3 is 1. The first-order valence-corrected chi connectivity index (χ1v) is 11.4. The number of halogens is 1. The van der Waals surface area contributed by atoms with E-state index in [4.69, 9.17) is 16.3 Å². The second kappa shape index (κ2) is 9.42. The summed E-state index contributed by atoms with van der Waals surface area (Å²) >= 11 is 6.14. The van der Waals surface area contributed by atoms with Crippen LogP contribution in [0.4, 0.5) is 11.4 Å². The Morgan fingerprint density at radius 2 is 1.66 bits per heavy atom. The molecule has 0 unspecified atom stereocenters. The number of aryl methyl sites for hydroxylation is 2. The van der Waals surface area contributed by atoms with Crippen molar-refractivity contribution in [3.63, 3.8) is 0 Å². The lowest BCUT2D eigenvalue weighted by Gasteiger charge is -2.13. The minimum atomic E-state index is -4.06. The van der Waals surface area contributed by atoms with Crippen LogP contribution in [0.15, 0.2) is 65.6 Å². The SMILES string of the molecule is COC(=O)c1ccccc1NC(=O)c1ccc(Cl)c(S(=O)(=O)Nc2ccc(C)c(C)c2)c1. The van der Waals surface area contributed by atoms with Gasteiger partial charge in [0.1, 0.15) is 4.90 Å². The molecule has 7 nitrogen and oxygen atoms in total. The van der Waals surface area contributed by atoms with Crippen molar-refractivity contribution in [2.24, 2.45) is 0 Å². The summed E-state index contributed by atoms with van der Waals surface area (Å²) in [6, 6.07) is 15.4. The van der Waals surface area contributed by atoms with E-state index in [2.05, 4.69) is 10.0 Å². The Balaban J connectivity index is 1.91. The van der Waals surface area contributed by atoms with Gasteiger partial charge in [0.2, 0.25) is 0 Å². The average molecular weight is 473 g/mol. The molecule has 9 heteroatoms. The smallest absolute Gasteiger partial charge is 0.339 e. The van der Waals surface area contributed by atoms with Gasteiger partial charge in [0.15, 0.2) is 0 Å². The maximum absolute atomic E-state index is 12.9. The number of anilines is 2. The maximum Gasteiger partial charge on any atom is 0.339 e. The molecule has 0 radical (unpaired) electrons. The number of ether oxygens (including phenoxy) is 1. The summed E-state index contributed by atoms with van der Waals surface area (Å²) in [5.41, 5.74) is 2.78. The van der Waals surface area contributed by atoms with Crippen LogP contribution in [0.25, 0.3) is 0 Å². The third kappa shape index (κ3) is 5.09. The van der Waals surface area contributed by atoms with Crippen molar-refractivity contribution >= 4 is 44.9 Å². The fraction of sp³-hybridized carbons (Fsp3) is 0.130. The normalized spacial score (nSPS) is 11.0. The number of nitrogens with one attached hydrogen (secondary N) is 2. The highest BCUT2D eigenvalue weighted by atomic mass is 35.5. The summed E-state index contributed by atoms with van der Waals surface area (Å²) in [6.07, 6.45) is 0. The van der Waals surface area contributed by atoms with Crippen LogP contribution in [-0.4, -0.2) is 27.4 Å². The highest BCUT2D eigenvalue weighted by molar-refractivity contribution is 7.92. The molecule has 0 bridgehead atoms. The van der Waals surface area contributed by atoms with Gasteiger partial charge in [-0.15, -0.1) is 0 Å². The minimum absolute atomic E-state index is 0.0344. The lowest BCUT2D eigenvalue weighted by Crippen LogP contribution is -2.18. The number of esters is 1. The van der Waals surface area contributed by atoms with Crippen molar-refractivity contribution in [2.45, 2.75) is 18.7 Å². The van der Waals surface area contributed by atoms with Gasteiger partial charge in [-0.2, -0.15) is 0 Å². The van der Waals surface area contributed by atoms with Gasteiger partial charge < -0.3 is 10.1 Å². The number of carbonyl (C=O) groups excluding carboxylic acids is 2. The number of hydrogen-bond acceptors (Lipinski definition) is 5. The summed E-state index contributed by atoms with van der Waals surface area (Å²) in [5, 5.41) is 2.57. The van der Waals surface area contributed by atoms with Crippen LogP contribution in [-0.2, 0) is 14.8 Å². The molecule has 32 heavy (non-hydrogen) atoms. The van der Waals surface area contributed by atoms with Gasteiger partial charge in [0.25, 0.3) is 15.9 Å². The van der Waals surface area contributed by atoms with E-state index in [1.54, 1.807) is 36.4 Å². The molecule has 2 N–H and O–H groups in total. The predicted octanol–water partition coefficient (Wildman–Crippen LogP) is 4.80. The number of benzene rings is 3. The van der Waals surface area contributed by atoms with E-state index in [0.717, 1.165) is 11.1 Å². The Morgan fingerprint density at radius 1 is 0.938 bits per heavy atom. The zero-order chi connectivity index (χ0) is 23.5. The van der Waals surface area contributed by atoms with Crippen molar-refractivity contribution in [3.8, 4) is 0 Å². The van der Waals surface area contributed by atoms with E-state index < -0.39 is 21.9 Å². The van der Waals surface area contributed by atoms with Crippen molar-refractivity contribution in [1.82, 2.24) is 0 Å². The molecule has 3 rings (SSSR count). The molecule has 0 aliphatic heterocycles. The summed E-state index contributed by atoms with van der Waals surface area (Å²) in [4.78, 5) is 24.5. The van der Waals surface area contributed by atoms with E-state index in [0.29, 0.717) is 5.69 Å². The van der Waals surface area contributed by atoms with Crippen molar-refractivity contribution in [3.05, 3.63) is 87.9 Å². The Hall–Kier alpha value is -3.36. The molecule has 0 atom stereocenters. The summed E-state index contributed by atoms with van der Waals surface area (Å²) in [6.45, 7) is 3.79. The number of carbonyl (C=O) groups is 2. The molecule has 0 aliphatic carbocycles. The van der Waals surface area contributed by atoms with E-state index in [1.165, 1.54) is 31.4 Å². The van der Waals surface area contributed by atoms with Crippen molar-refractivity contribution < 1.29 is 22.7 Å². The van der Waals surface area contributed by atoms with E-state index in [-0.39, 0.29) is 26.7 Å². The highest BCUT2D eigenvalue weighted by Gasteiger charge is 2.21. The van der Waals surface area contributed by atoms with Crippen LogP contribution in [0.3, 0.4) is 0 Å². The second-order valence-corrected chi connectivity index (χ2v) is 9.10. The van der Waals surface area contributed by atoms with Crippen LogP contribution in [0.2, 0.25) is 5.02 Å². The molecule has 0 spiro atoms. The molecular formula is C23H21ClN2O5S. The van der Waals surface area contributed by atoms with Gasteiger partial charge in [-0.25, -0.2) is 13.2 Å². The molecule has 0 aliphatic rings. The molecule has 3 aromatic rings. The summed E-state index contributed by atoms with van der Waals surface area (Å²) in [7, 11) is -2.83. The number of sulfonamides is 1. The summed E-state index contributed by atoms with van der Waals surface area (Å²) in [5.74, 6) is -1.22. The molecule has 0 saturated carbocycles. The van der Waals surface area contributed by atoms with Gasteiger partial charge >= 0.3 is 5.97 Å². The lowest BCUT2D eigenvalue weighted by molar-refractivity contribution is 0.0602. The fourth-order valence-corrected chi connectivity index (χ4v) is 4.52.